The number of nitrogens with one attached hydrogen (secondary N) is 1. The zero-order valence-corrected chi connectivity index (χ0v) is 18.6. The Morgan fingerprint density at radius 2 is 1.11 bits per heavy atom. The summed E-state index contributed by atoms with van der Waals surface area (Å²) in [7, 11) is 0. The number of alkyl halides is 1. The summed E-state index contributed by atoms with van der Waals surface area (Å²) in [5.74, 6) is 0.551. The molecule has 0 aliphatic carbocycles. The minimum absolute atomic E-state index is 0.382. The van der Waals surface area contributed by atoms with Crippen LogP contribution in [0.5, 0.6) is 0 Å². The number of ether oxygens (including phenoxy) is 4. The monoisotopic (exact) mass is 411 g/mol. The topological polar surface area (TPSA) is 100 Å². The van der Waals surface area contributed by atoms with Gasteiger partial charge in [0.2, 0.25) is 0 Å². The Bertz CT molecular complexity index is 448. The Labute approximate surface area is 167 Å². The molecule has 0 aliphatic heterocycles. The molecule has 0 rings (SSSR count). The first kappa shape index (κ1) is 27.5. The largest absolute Gasteiger partial charge is 0.519 e. The highest BCUT2D eigenvalue weighted by Gasteiger charge is 2.24. The highest BCUT2D eigenvalue weighted by atomic mass is 35.5. The van der Waals surface area contributed by atoms with Crippen LogP contribution >= 0.6 is 11.6 Å². The van der Waals surface area contributed by atoms with Gasteiger partial charge in [0, 0.05) is 12.4 Å². The zero-order chi connectivity index (χ0) is 21.9. The van der Waals surface area contributed by atoms with E-state index in [9.17, 15) is 14.4 Å². The van der Waals surface area contributed by atoms with E-state index in [-0.39, 0.29) is 6.09 Å². The van der Waals surface area contributed by atoms with E-state index >= 15 is 0 Å². The lowest BCUT2D eigenvalue weighted by molar-refractivity contribution is -0.0294. The number of halogens is 1. The molecule has 0 spiro atoms. The molecule has 27 heavy (non-hydrogen) atoms. The smallest absolute Gasteiger partial charge is 0.444 e. The van der Waals surface area contributed by atoms with Gasteiger partial charge in [-0.05, 0) is 68.7 Å². The third kappa shape index (κ3) is 24.3. The standard InChI is InChI=1S/C10H18O5.C8H16ClNO2/c1-9(2,3)14-7(11)13-8(12)15-10(4,5)6;1-8(2,3)12-7(11)10-6-4-5-9/h1-6H3;4-6H2,1-3H3,(H,10,11). The molecule has 160 valence electrons. The van der Waals surface area contributed by atoms with Crippen molar-refractivity contribution in [3.8, 4) is 0 Å². The maximum Gasteiger partial charge on any atom is 0.519 e. The number of carbonyl (C=O) groups excluding carboxylic acids is 3. The molecular weight excluding hydrogens is 378 g/mol. The van der Waals surface area contributed by atoms with E-state index in [1.807, 2.05) is 20.8 Å². The van der Waals surface area contributed by atoms with Crippen molar-refractivity contribution in [2.24, 2.45) is 0 Å². The highest BCUT2D eigenvalue weighted by Crippen LogP contribution is 2.11. The molecule has 0 radical (unpaired) electrons. The minimum atomic E-state index is -1.06. The van der Waals surface area contributed by atoms with E-state index in [1.54, 1.807) is 41.5 Å². The number of amides is 1. The molecular formula is C18H34ClNO7. The van der Waals surface area contributed by atoms with Gasteiger partial charge in [-0.1, -0.05) is 0 Å². The predicted molar refractivity (Wildman–Crippen MR) is 103 cm³/mol. The van der Waals surface area contributed by atoms with Crippen molar-refractivity contribution in [1.82, 2.24) is 5.32 Å². The quantitative estimate of drug-likeness (QED) is 0.229. The SMILES string of the molecule is CC(C)(C)OC(=O)NCCCCl.CC(C)(C)OC(=O)OC(=O)OC(C)(C)C. The summed E-state index contributed by atoms with van der Waals surface area (Å²) < 4.78 is 18.8. The molecule has 0 heterocycles. The van der Waals surface area contributed by atoms with Crippen LogP contribution in [0.4, 0.5) is 14.4 Å². The number of hydrogen-bond donors (Lipinski definition) is 1. The van der Waals surface area contributed by atoms with E-state index in [1.165, 1.54) is 0 Å². The maximum atomic E-state index is 11.0. The molecule has 1 N–H and O–H groups in total. The van der Waals surface area contributed by atoms with Gasteiger partial charge >= 0.3 is 18.4 Å². The van der Waals surface area contributed by atoms with E-state index < -0.39 is 29.1 Å². The summed E-state index contributed by atoms with van der Waals surface area (Å²) in [6.45, 7) is 16.1. The average Bonchev–Trinajstić information content (AvgIpc) is 2.32. The molecule has 9 heteroatoms. The van der Waals surface area contributed by atoms with Crippen LogP contribution in [0.2, 0.25) is 0 Å². The van der Waals surface area contributed by atoms with Crippen molar-refractivity contribution >= 4 is 30.0 Å². The first-order valence-corrected chi connectivity index (χ1v) is 9.15. The van der Waals surface area contributed by atoms with Crippen LogP contribution in [-0.2, 0) is 18.9 Å². The highest BCUT2D eigenvalue weighted by molar-refractivity contribution is 6.17. The summed E-state index contributed by atoms with van der Waals surface area (Å²) >= 11 is 5.43. The van der Waals surface area contributed by atoms with E-state index in [0.717, 1.165) is 6.42 Å². The van der Waals surface area contributed by atoms with Crippen molar-refractivity contribution in [3.05, 3.63) is 0 Å². The van der Waals surface area contributed by atoms with E-state index in [4.69, 9.17) is 25.8 Å². The van der Waals surface area contributed by atoms with Gasteiger partial charge in [-0.25, -0.2) is 14.4 Å². The fourth-order valence-corrected chi connectivity index (χ4v) is 1.31. The molecule has 0 aromatic heterocycles. The molecule has 8 nitrogen and oxygen atoms in total. The summed E-state index contributed by atoms with van der Waals surface area (Å²) in [5, 5.41) is 2.59. The molecule has 0 aromatic rings. The lowest BCUT2D eigenvalue weighted by Crippen LogP contribution is -2.33. The van der Waals surface area contributed by atoms with Crippen LogP contribution < -0.4 is 5.32 Å². The van der Waals surface area contributed by atoms with Gasteiger partial charge in [0.1, 0.15) is 16.8 Å². The molecule has 1 amide bonds. The third-order valence-corrected chi connectivity index (χ3v) is 2.19. The third-order valence-electron chi connectivity index (χ3n) is 1.92. The van der Waals surface area contributed by atoms with Crippen LogP contribution in [0.3, 0.4) is 0 Å². The summed E-state index contributed by atoms with van der Waals surface area (Å²) in [4.78, 5) is 33.0. The van der Waals surface area contributed by atoms with E-state index in [0.29, 0.717) is 12.4 Å². The second kappa shape index (κ2) is 11.9. The number of hydrogen-bond acceptors (Lipinski definition) is 7. The average molecular weight is 412 g/mol. The van der Waals surface area contributed by atoms with E-state index in [2.05, 4.69) is 10.1 Å². The Morgan fingerprint density at radius 1 is 0.741 bits per heavy atom. The lowest BCUT2D eigenvalue weighted by atomic mass is 10.2. The lowest BCUT2D eigenvalue weighted by Gasteiger charge is -2.20. The summed E-state index contributed by atoms with van der Waals surface area (Å²) in [6, 6.07) is 0. The second-order valence-corrected chi connectivity index (χ2v) is 8.88. The molecule has 0 bridgehead atoms. The van der Waals surface area contributed by atoms with Gasteiger partial charge in [-0.2, -0.15) is 0 Å². The first-order valence-electron chi connectivity index (χ1n) is 8.62. The molecule has 0 aromatic carbocycles. The Kier molecular flexibility index (Phi) is 12.1. The maximum absolute atomic E-state index is 11.0. The van der Waals surface area contributed by atoms with Gasteiger partial charge in [0.25, 0.3) is 0 Å². The fraction of sp³-hybridized carbons (Fsp3) is 0.833. The Hall–Kier alpha value is -1.70. The Balaban J connectivity index is 0. The first-order chi connectivity index (χ1) is 11.9. The van der Waals surface area contributed by atoms with Crippen LogP contribution in [-0.4, -0.2) is 47.6 Å². The number of rotatable bonds is 3. The van der Waals surface area contributed by atoms with Gasteiger partial charge in [-0.3, -0.25) is 0 Å². The minimum Gasteiger partial charge on any atom is -0.444 e. The molecule has 0 atom stereocenters. The van der Waals surface area contributed by atoms with Gasteiger partial charge in [0.15, 0.2) is 0 Å². The second-order valence-electron chi connectivity index (χ2n) is 8.50. The molecule has 0 fully saturated rings. The van der Waals surface area contributed by atoms with Gasteiger partial charge in [0.05, 0.1) is 0 Å². The normalized spacial score (nSPS) is 11.5. The molecule has 0 aliphatic rings. The van der Waals surface area contributed by atoms with Crippen molar-refractivity contribution < 1.29 is 33.3 Å². The van der Waals surface area contributed by atoms with Crippen LogP contribution in [0, 0.1) is 0 Å². The summed E-state index contributed by atoms with van der Waals surface area (Å²) in [5.41, 5.74) is -1.82. The molecule has 0 unspecified atom stereocenters. The Morgan fingerprint density at radius 3 is 1.41 bits per heavy atom. The van der Waals surface area contributed by atoms with Crippen LogP contribution in [0.25, 0.3) is 0 Å². The van der Waals surface area contributed by atoms with Crippen molar-refractivity contribution in [1.29, 1.82) is 0 Å². The number of carbonyl (C=O) groups is 3. The fourth-order valence-electron chi connectivity index (χ4n) is 1.18. The van der Waals surface area contributed by atoms with Crippen LogP contribution in [0.15, 0.2) is 0 Å². The van der Waals surface area contributed by atoms with Crippen LogP contribution in [0.1, 0.15) is 68.7 Å². The number of alkyl carbamates (subject to hydrolysis) is 1. The predicted octanol–water partition coefficient (Wildman–Crippen LogP) is 5.01. The molecule has 0 saturated carbocycles. The zero-order valence-electron chi connectivity index (χ0n) is 17.9. The molecule has 0 saturated heterocycles. The van der Waals surface area contributed by atoms with Gasteiger partial charge in [-0.15, -0.1) is 11.6 Å². The van der Waals surface area contributed by atoms with Crippen molar-refractivity contribution in [3.63, 3.8) is 0 Å². The summed E-state index contributed by atoms with van der Waals surface area (Å²) in [6.07, 6.45) is -1.73. The van der Waals surface area contributed by atoms with Crippen molar-refractivity contribution in [2.45, 2.75) is 85.5 Å². The van der Waals surface area contributed by atoms with Crippen molar-refractivity contribution in [2.75, 3.05) is 12.4 Å². The van der Waals surface area contributed by atoms with Gasteiger partial charge < -0.3 is 24.3 Å².